The Labute approximate surface area is 403 Å². The van der Waals surface area contributed by atoms with Crippen LogP contribution in [0.4, 0.5) is 28.4 Å². The molecular formula is C52H74N10O6. The minimum absolute atomic E-state index is 0.0780. The first-order chi connectivity index (χ1) is 32.2. The second kappa shape index (κ2) is 28.1. The van der Waals surface area contributed by atoms with Gasteiger partial charge in [0.1, 0.15) is 0 Å². The van der Waals surface area contributed by atoms with Gasteiger partial charge < -0.3 is 27.0 Å². The van der Waals surface area contributed by atoms with Gasteiger partial charge in [-0.05, 0) is 167 Å². The Bertz CT molecular complexity index is 2250. The lowest BCUT2D eigenvalue weighted by molar-refractivity contribution is -0.385. The summed E-state index contributed by atoms with van der Waals surface area (Å²) in [5, 5.41) is 31.2. The van der Waals surface area contributed by atoms with E-state index in [-0.39, 0.29) is 39.0 Å². The van der Waals surface area contributed by atoms with Crippen LogP contribution < -0.4 is 17.2 Å². The van der Waals surface area contributed by atoms with E-state index in [1.54, 1.807) is 36.4 Å². The summed E-state index contributed by atoms with van der Waals surface area (Å²) in [5.74, 6) is 0. The average molecular weight is 935 g/mol. The molecule has 0 unspecified atom stereocenters. The molecule has 0 saturated carbocycles. The van der Waals surface area contributed by atoms with Gasteiger partial charge in [0.25, 0.3) is 17.1 Å². The Morgan fingerprint density at radius 3 is 0.912 bits per heavy atom. The highest BCUT2D eigenvalue weighted by Gasteiger charge is 2.21. The second-order valence-corrected chi connectivity index (χ2v) is 17.8. The molecule has 2 aliphatic heterocycles. The Balaban J connectivity index is 0.000000226. The highest BCUT2D eigenvalue weighted by Crippen LogP contribution is 2.27. The summed E-state index contributed by atoms with van der Waals surface area (Å²) in [4.78, 5) is 39.2. The molecule has 2 aliphatic rings. The molecule has 0 aliphatic carbocycles. The van der Waals surface area contributed by atoms with E-state index in [9.17, 15) is 30.3 Å². The first-order valence-electron chi connectivity index (χ1n) is 23.2. The number of nitro benzene ring substituents is 3. The van der Waals surface area contributed by atoms with Crippen LogP contribution in [0.2, 0.25) is 0 Å². The number of nitrogens with two attached hydrogens (primary N) is 3. The van der Waals surface area contributed by atoms with E-state index in [4.69, 9.17) is 17.2 Å². The highest BCUT2D eigenvalue weighted by atomic mass is 16.6. The molecule has 2 heterocycles. The maximum absolute atomic E-state index is 10.5. The van der Waals surface area contributed by atoms with Crippen LogP contribution in [0.5, 0.6) is 0 Å². The van der Waals surface area contributed by atoms with Crippen LogP contribution in [0.15, 0.2) is 121 Å². The van der Waals surface area contributed by atoms with Crippen molar-refractivity contribution in [2.24, 2.45) is 5.73 Å². The van der Waals surface area contributed by atoms with Gasteiger partial charge in [0.2, 0.25) is 0 Å². The van der Waals surface area contributed by atoms with Crippen molar-refractivity contribution in [2.75, 3.05) is 65.8 Å². The zero-order valence-corrected chi connectivity index (χ0v) is 41.4. The van der Waals surface area contributed by atoms with Crippen LogP contribution in [0.25, 0.3) is 0 Å². The van der Waals surface area contributed by atoms with Gasteiger partial charge in [-0.1, -0.05) is 60.7 Å². The maximum atomic E-state index is 10.5. The second-order valence-electron chi connectivity index (χ2n) is 17.8. The molecule has 5 aromatic carbocycles. The third-order valence-corrected chi connectivity index (χ3v) is 12.6. The van der Waals surface area contributed by atoms with Crippen molar-refractivity contribution >= 4 is 28.4 Å². The third kappa shape index (κ3) is 18.4. The van der Waals surface area contributed by atoms with Gasteiger partial charge >= 0.3 is 0 Å². The van der Waals surface area contributed by atoms with E-state index >= 15 is 0 Å². The molecule has 5 aromatic rings. The van der Waals surface area contributed by atoms with Crippen LogP contribution in [-0.2, 0) is 0 Å². The van der Waals surface area contributed by atoms with Gasteiger partial charge in [-0.3, -0.25) is 40.1 Å². The van der Waals surface area contributed by atoms with Gasteiger partial charge in [0.05, 0.1) is 14.8 Å². The Hall–Kier alpha value is -6.30. The standard InChI is InChI=1S/C12H16N2O2.C12H18N2.C10H14N2O2.C10H16N2.C8H10N2O2/c1-10(13-8-2-3-9-13)11-4-6-12(7-5-11)14(15)16;1-10(14-8-2-3-9-14)11-4-6-12(13)7-5-11;1-8(11(2)3)9-4-6-10(7-5-9)12(13)14;1-8(12(2)3)9-4-6-10(11)7-5-9;1-6(9)7-2-4-8(5-3-7)10(11)12/h4-7,10H,2-3,8-9H2,1H3;4-7,10H,2-3,8-9,13H2,1H3;4-8H,1-3H3;4-8H,11H2,1-3H3;2-6H,9H2,1H3/t2*10-;2*8-;6-/m00000/s1. The van der Waals surface area contributed by atoms with Gasteiger partial charge in [-0.2, -0.15) is 0 Å². The van der Waals surface area contributed by atoms with E-state index in [0.29, 0.717) is 18.1 Å². The molecule has 7 rings (SSSR count). The van der Waals surface area contributed by atoms with E-state index in [2.05, 4.69) is 85.7 Å². The van der Waals surface area contributed by atoms with Crippen molar-refractivity contribution in [3.63, 3.8) is 0 Å². The molecule has 0 aromatic heterocycles. The zero-order valence-electron chi connectivity index (χ0n) is 41.4. The van der Waals surface area contributed by atoms with Crippen LogP contribution in [0.1, 0.15) is 118 Å². The topological polar surface area (TPSA) is 220 Å². The van der Waals surface area contributed by atoms with Crippen LogP contribution >= 0.6 is 0 Å². The predicted molar refractivity (Wildman–Crippen MR) is 276 cm³/mol. The predicted octanol–water partition coefficient (Wildman–Crippen LogP) is 10.9. The van der Waals surface area contributed by atoms with Gasteiger partial charge in [0.15, 0.2) is 0 Å². The third-order valence-electron chi connectivity index (χ3n) is 12.6. The van der Waals surface area contributed by atoms with Crippen molar-refractivity contribution in [3.8, 4) is 0 Å². The van der Waals surface area contributed by atoms with E-state index in [1.165, 1.54) is 74.2 Å². The first-order valence-corrected chi connectivity index (χ1v) is 23.2. The lowest BCUT2D eigenvalue weighted by Crippen LogP contribution is -2.23. The number of nitrogen functional groups attached to an aromatic ring is 2. The normalized spacial score (nSPS) is 15.6. The van der Waals surface area contributed by atoms with Crippen molar-refractivity contribution in [3.05, 3.63) is 179 Å². The van der Waals surface area contributed by atoms with Crippen LogP contribution in [0, 0.1) is 30.3 Å². The summed E-state index contributed by atoms with van der Waals surface area (Å²) in [6.45, 7) is 15.3. The van der Waals surface area contributed by atoms with Crippen LogP contribution in [0.3, 0.4) is 0 Å². The number of hydrogen-bond acceptors (Lipinski definition) is 13. The molecule has 0 spiro atoms. The summed E-state index contributed by atoms with van der Waals surface area (Å²) < 4.78 is 0. The van der Waals surface area contributed by atoms with E-state index in [1.807, 2.05) is 57.4 Å². The number of rotatable bonds is 12. The monoisotopic (exact) mass is 935 g/mol. The molecule has 0 radical (unpaired) electrons. The number of nitrogens with zero attached hydrogens (tertiary/aromatic N) is 7. The maximum Gasteiger partial charge on any atom is 0.269 e. The van der Waals surface area contributed by atoms with Crippen molar-refractivity contribution in [1.82, 2.24) is 19.6 Å². The minimum Gasteiger partial charge on any atom is -0.399 e. The highest BCUT2D eigenvalue weighted by molar-refractivity contribution is 5.41. The number of likely N-dealkylation sites (tertiary alicyclic amines) is 2. The molecule has 16 nitrogen and oxygen atoms in total. The quantitative estimate of drug-likeness (QED) is 0.0603. The summed E-state index contributed by atoms with van der Waals surface area (Å²) in [7, 11) is 8.10. The SMILES string of the molecule is C[C@@H](c1ccc(N)cc1)N(C)C.C[C@@H](c1ccc(N)cc1)N1CCCC1.C[C@@H](c1ccc([N+](=O)[O-])cc1)N(C)C.C[C@@H](c1ccc([N+](=O)[O-])cc1)N1CCCC1.C[C@H](N)c1ccc([N+](=O)[O-])cc1. The number of benzene rings is 5. The van der Waals surface area contributed by atoms with Crippen molar-refractivity contribution in [1.29, 1.82) is 0 Å². The molecule has 0 amide bonds. The summed E-state index contributed by atoms with van der Waals surface area (Å²) in [6.07, 6.45) is 5.22. The minimum atomic E-state index is -0.426. The number of anilines is 2. The molecule has 68 heavy (non-hydrogen) atoms. The summed E-state index contributed by atoms with van der Waals surface area (Å²) in [5.41, 5.74) is 24.7. The Morgan fingerprint density at radius 2 is 0.662 bits per heavy atom. The molecule has 6 N–H and O–H groups in total. The van der Waals surface area contributed by atoms with Gasteiger partial charge in [-0.25, -0.2) is 0 Å². The number of non-ortho nitro benzene ring substituents is 3. The molecule has 5 atom stereocenters. The van der Waals surface area contributed by atoms with E-state index < -0.39 is 4.92 Å². The fourth-order valence-electron chi connectivity index (χ4n) is 7.47. The average Bonchev–Trinajstić information content (AvgIpc) is 4.09. The molecular weight excluding hydrogens is 861 g/mol. The lowest BCUT2D eigenvalue weighted by Gasteiger charge is -2.24. The molecule has 2 fully saturated rings. The lowest BCUT2D eigenvalue weighted by atomic mass is 10.1. The van der Waals surface area contributed by atoms with E-state index in [0.717, 1.165) is 41.2 Å². The van der Waals surface area contributed by atoms with Crippen LogP contribution in [-0.4, -0.2) is 88.7 Å². The first kappa shape index (κ1) is 56.0. The van der Waals surface area contributed by atoms with Gasteiger partial charge in [0, 0.05) is 78.0 Å². The summed E-state index contributed by atoms with van der Waals surface area (Å²) in [6, 6.07) is 37.6. The number of hydrogen-bond donors (Lipinski definition) is 3. The fraction of sp³-hybridized carbons (Fsp3) is 0.423. The summed E-state index contributed by atoms with van der Waals surface area (Å²) >= 11 is 0. The zero-order chi connectivity index (χ0) is 50.5. The van der Waals surface area contributed by atoms with Gasteiger partial charge in [-0.15, -0.1) is 0 Å². The Kier molecular flexibility index (Phi) is 23.2. The largest absolute Gasteiger partial charge is 0.399 e. The van der Waals surface area contributed by atoms with Crippen molar-refractivity contribution < 1.29 is 14.8 Å². The molecule has 368 valence electrons. The molecule has 16 heteroatoms. The smallest absolute Gasteiger partial charge is 0.269 e. The van der Waals surface area contributed by atoms with Crippen molar-refractivity contribution in [2.45, 2.75) is 90.5 Å². The molecule has 0 bridgehead atoms. The Morgan fingerprint density at radius 1 is 0.426 bits per heavy atom. The molecule has 2 saturated heterocycles. The number of nitro groups is 3. The fourth-order valence-corrected chi connectivity index (χ4v) is 7.47.